The number of aliphatic hydroxyl groups is 1. The Balaban J connectivity index is 2.01. The lowest BCUT2D eigenvalue weighted by molar-refractivity contribution is -0.0724. The summed E-state index contributed by atoms with van der Waals surface area (Å²) in [4.78, 5) is 2.41. The highest BCUT2D eigenvalue weighted by Crippen LogP contribution is 2.37. The fraction of sp³-hybridized carbons (Fsp3) is 0.625. The maximum Gasteiger partial charge on any atom is 0.118 e. The van der Waals surface area contributed by atoms with E-state index in [9.17, 15) is 5.11 Å². The molecule has 1 N–H and O–H groups in total. The first kappa shape index (κ1) is 14.4. The Labute approximate surface area is 116 Å². The first-order chi connectivity index (χ1) is 9.09. The number of ether oxygens (including phenoxy) is 1. The highest BCUT2D eigenvalue weighted by Gasteiger charge is 2.44. The van der Waals surface area contributed by atoms with Crippen molar-refractivity contribution in [2.45, 2.75) is 38.8 Å². The molecule has 0 saturated carbocycles. The maximum atomic E-state index is 9.75. The molecule has 0 spiro atoms. The van der Waals surface area contributed by atoms with E-state index in [-0.39, 0.29) is 12.1 Å². The smallest absolute Gasteiger partial charge is 0.118 e. The van der Waals surface area contributed by atoms with E-state index in [4.69, 9.17) is 4.74 Å². The molecular weight excluding hydrogens is 238 g/mol. The molecule has 0 aromatic heterocycles. The van der Waals surface area contributed by atoms with Crippen LogP contribution >= 0.6 is 0 Å². The van der Waals surface area contributed by atoms with Crippen LogP contribution in [0.25, 0.3) is 0 Å². The van der Waals surface area contributed by atoms with Crippen LogP contribution in [0.15, 0.2) is 24.3 Å². The Morgan fingerprint density at radius 1 is 1.32 bits per heavy atom. The van der Waals surface area contributed by atoms with E-state index in [1.54, 1.807) is 7.11 Å². The highest BCUT2D eigenvalue weighted by molar-refractivity contribution is 5.27. The molecule has 1 aliphatic heterocycles. The molecule has 2 rings (SSSR count). The quantitative estimate of drug-likeness (QED) is 0.856. The number of rotatable bonds is 6. The van der Waals surface area contributed by atoms with Crippen LogP contribution in [0.4, 0.5) is 0 Å². The van der Waals surface area contributed by atoms with Gasteiger partial charge in [0.05, 0.1) is 13.7 Å². The molecule has 0 amide bonds. The summed E-state index contributed by atoms with van der Waals surface area (Å²) in [7, 11) is 1.68. The van der Waals surface area contributed by atoms with Crippen molar-refractivity contribution in [2.24, 2.45) is 5.92 Å². The van der Waals surface area contributed by atoms with Crippen LogP contribution in [0.5, 0.6) is 5.75 Å². The van der Waals surface area contributed by atoms with Gasteiger partial charge in [-0.2, -0.15) is 0 Å². The summed E-state index contributed by atoms with van der Waals surface area (Å²) in [5.41, 5.74) is 1.29. The molecule has 1 saturated heterocycles. The maximum absolute atomic E-state index is 9.75. The van der Waals surface area contributed by atoms with Crippen LogP contribution in [-0.2, 0) is 6.54 Å². The van der Waals surface area contributed by atoms with Gasteiger partial charge in [0.1, 0.15) is 5.75 Å². The first-order valence-corrected chi connectivity index (χ1v) is 7.08. The van der Waals surface area contributed by atoms with E-state index in [0.29, 0.717) is 5.92 Å². The molecule has 1 aliphatic rings. The zero-order chi connectivity index (χ0) is 13.9. The lowest BCUT2D eigenvalue weighted by Gasteiger charge is -2.53. The van der Waals surface area contributed by atoms with Crippen LogP contribution in [-0.4, -0.2) is 35.8 Å². The minimum absolute atomic E-state index is 0.00803. The predicted octanol–water partition coefficient (Wildman–Crippen LogP) is 2.68. The van der Waals surface area contributed by atoms with Crippen molar-refractivity contribution in [1.82, 2.24) is 4.90 Å². The summed E-state index contributed by atoms with van der Waals surface area (Å²) < 4.78 is 5.18. The van der Waals surface area contributed by atoms with E-state index in [2.05, 4.69) is 30.9 Å². The second-order valence-corrected chi connectivity index (χ2v) is 6.00. The molecule has 3 heteroatoms. The largest absolute Gasteiger partial charge is 0.497 e. The lowest BCUT2D eigenvalue weighted by atomic mass is 9.78. The standard InChI is InChI=1S/C16H25NO2/c1-13(2)10-16(12-18)8-9-17(16)11-14-4-6-15(19-3)7-5-14/h4-7,13,18H,8-12H2,1-3H3. The van der Waals surface area contributed by atoms with Crippen molar-refractivity contribution in [2.75, 3.05) is 20.3 Å². The van der Waals surface area contributed by atoms with E-state index < -0.39 is 0 Å². The molecule has 0 bridgehead atoms. The van der Waals surface area contributed by atoms with Gasteiger partial charge in [0, 0.05) is 18.6 Å². The average Bonchev–Trinajstić information content (AvgIpc) is 2.41. The molecule has 0 radical (unpaired) electrons. The van der Waals surface area contributed by atoms with Crippen molar-refractivity contribution in [3.8, 4) is 5.75 Å². The highest BCUT2D eigenvalue weighted by atomic mass is 16.5. The molecule has 0 aliphatic carbocycles. The van der Waals surface area contributed by atoms with Gasteiger partial charge in [0.2, 0.25) is 0 Å². The van der Waals surface area contributed by atoms with Gasteiger partial charge in [-0.1, -0.05) is 26.0 Å². The van der Waals surface area contributed by atoms with Gasteiger partial charge in [-0.25, -0.2) is 0 Å². The van der Waals surface area contributed by atoms with Crippen LogP contribution in [0, 0.1) is 5.92 Å². The number of aliphatic hydroxyl groups excluding tert-OH is 1. The topological polar surface area (TPSA) is 32.7 Å². The van der Waals surface area contributed by atoms with Gasteiger partial charge in [0.25, 0.3) is 0 Å². The van der Waals surface area contributed by atoms with Gasteiger partial charge in [0.15, 0.2) is 0 Å². The number of benzene rings is 1. The monoisotopic (exact) mass is 263 g/mol. The Morgan fingerprint density at radius 2 is 2.00 bits per heavy atom. The van der Waals surface area contributed by atoms with Crippen molar-refractivity contribution >= 4 is 0 Å². The molecule has 19 heavy (non-hydrogen) atoms. The molecule has 1 aromatic carbocycles. The molecule has 1 fully saturated rings. The molecule has 3 nitrogen and oxygen atoms in total. The van der Waals surface area contributed by atoms with Crippen molar-refractivity contribution in [1.29, 1.82) is 0 Å². The Bertz CT molecular complexity index is 398. The minimum Gasteiger partial charge on any atom is -0.497 e. The average molecular weight is 263 g/mol. The summed E-state index contributed by atoms with van der Waals surface area (Å²) in [6.45, 7) is 6.71. The third-order valence-electron chi connectivity index (χ3n) is 4.13. The van der Waals surface area contributed by atoms with Crippen molar-refractivity contribution in [3.63, 3.8) is 0 Å². The number of hydrogen-bond donors (Lipinski definition) is 1. The molecular formula is C16H25NO2. The summed E-state index contributed by atoms with van der Waals surface area (Å²) in [5, 5.41) is 9.75. The first-order valence-electron chi connectivity index (χ1n) is 7.08. The van der Waals surface area contributed by atoms with Crippen molar-refractivity contribution < 1.29 is 9.84 Å². The van der Waals surface area contributed by atoms with Gasteiger partial charge in [-0.05, 0) is 36.5 Å². The van der Waals surface area contributed by atoms with Crippen LogP contribution in [0.1, 0.15) is 32.3 Å². The fourth-order valence-electron chi connectivity index (χ4n) is 3.02. The number of likely N-dealkylation sites (tertiary alicyclic amines) is 1. The fourth-order valence-corrected chi connectivity index (χ4v) is 3.02. The van der Waals surface area contributed by atoms with Crippen molar-refractivity contribution in [3.05, 3.63) is 29.8 Å². The molecule has 1 unspecified atom stereocenters. The van der Waals surface area contributed by atoms with Crippen LogP contribution in [0.2, 0.25) is 0 Å². The Kier molecular flexibility index (Phi) is 4.48. The van der Waals surface area contributed by atoms with E-state index in [1.165, 1.54) is 5.56 Å². The van der Waals surface area contributed by atoms with E-state index in [1.807, 2.05) is 12.1 Å². The summed E-state index contributed by atoms with van der Waals surface area (Å²) in [6.07, 6.45) is 2.18. The summed E-state index contributed by atoms with van der Waals surface area (Å²) in [5.74, 6) is 1.51. The predicted molar refractivity (Wildman–Crippen MR) is 77.3 cm³/mol. The van der Waals surface area contributed by atoms with Gasteiger partial charge in [-0.3, -0.25) is 4.90 Å². The zero-order valence-electron chi connectivity index (χ0n) is 12.2. The summed E-state index contributed by atoms with van der Waals surface area (Å²) >= 11 is 0. The van der Waals surface area contributed by atoms with Crippen LogP contribution in [0.3, 0.4) is 0 Å². The summed E-state index contributed by atoms with van der Waals surface area (Å²) in [6, 6.07) is 8.21. The number of methoxy groups -OCH3 is 1. The number of nitrogens with zero attached hydrogens (tertiary/aromatic N) is 1. The third kappa shape index (κ3) is 3.10. The van der Waals surface area contributed by atoms with Gasteiger partial charge < -0.3 is 9.84 Å². The molecule has 1 aromatic rings. The molecule has 1 heterocycles. The molecule has 106 valence electrons. The normalized spacial score (nSPS) is 23.4. The SMILES string of the molecule is COc1ccc(CN2CCC2(CO)CC(C)C)cc1. The van der Waals surface area contributed by atoms with Crippen LogP contribution < -0.4 is 4.74 Å². The Morgan fingerprint density at radius 3 is 2.42 bits per heavy atom. The lowest BCUT2D eigenvalue weighted by Crippen LogP contribution is -2.62. The minimum atomic E-state index is 0.00803. The zero-order valence-corrected chi connectivity index (χ0v) is 12.2. The second kappa shape index (κ2) is 5.93. The second-order valence-electron chi connectivity index (χ2n) is 6.00. The van der Waals surface area contributed by atoms with Gasteiger partial charge in [-0.15, -0.1) is 0 Å². The van der Waals surface area contributed by atoms with E-state index in [0.717, 1.165) is 31.7 Å². The van der Waals surface area contributed by atoms with E-state index >= 15 is 0 Å². The number of hydrogen-bond acceptors (Lipinski definition) is 3. The Hall–Kier alpha value is -1.06. The third-order valence-corrected chi connectivity index (χ3v) is 4.13. The van der Waals surface area contributed by atoms with Gasteiger partial charge >= 0.3 is 0 Å². The molecule has 1 atom stereocenters.